The fourth-order valence-electron chi connectivity index (χ4n) is 2.46. The summed E-state index contributed by atoms with van der Waals surface area (Å²) in [6, 6.07) is 10.7. The molecule has 2 aromatic heterocycles. The summed E-state index contributed by atoms with van der Waals surface area (Å²) in [6.45, 7) is 4.25. The standard InChI is InChI=1S/C17H15N3S3/c1-9-4-7-13-15(10(9)2)19-17(22-13)20-16-18-12-6-5-11(21-3)8-14(12)23-16/h4-8H,1-3H3,(H,18,19,20). The van der Waals surface area contributed by atoms with Gasteiger partial charge in [-0.05, 0) is 55.5 Å². The number of aryl methyl sites for hydroxylation is 2. The molecule has 0 radical (unpaired) electrons. The molecule has 23 heavy (non-hydrogen) atoms. The molecule has 0 bridgehead atoms. The quantitative estimate of drug-likeness (QED) is 0.457. The fourth-order valence-corrected chi connectivity index (χ4v) is 4.86. The molecule has 4 aromatic rings. The lowest BCUT2D eigenvalue weighted by molar-refractivity contribution is 1.33. The van der Waals surface area contributed by atoms with E-state index in [9.17, 15) is 0 Å². The van der Waals surface area contributed by atoms with Gasteiger partial charge in [0.25, 0.3) is 0 Å². The predicted octanol–water partition coefficient (Wildman–Crippen LogP) is 5.99. The van der Waals surface area contributed by atoms with E-state index >= 15 is 0 Å². The molecule has 116 valence electrons. The molecule has 3 nitrogen and oxygen atoms in total. The van der Waals surface area contributed by atoms with Gasteiger partial charge in [0.15, 0.2) is 10.3 Å². The van der Waals surface area contributed by atoms with Crippen molar-refractivity contribution >= 4 is 65.1 Å². The van der Waals surface area contributed by atoms with Crippen LogP contribution in [0.2, 0.25) is 0 Å². The Balaban J connectivity index is 1.71. The second kappa shape index (κ2) is 5.78. The van der Waals surface area contributed by atoms with Gasteiger partial charge in [0.2, 0.25) is 0 Å². The van der Waals surface area contributed by atoms with E-state index < -0.39 is 0 Å². The Morgan fingerprint density at radius 3 is 2.57 bits per heavy atom. The molecule has 0 aliphatic rings. The van der Waals surface area contributed by atoms with E-state index in [0.717, 1.165) is 21.3 Å². The molecular formula is C17H15N3S3. The van der Waals surface area contributed by atoms with Gasteiger partial charge in [0.05, 0.1) is 20.4 Å². The minimum atomic E-state index is 0.895. The third-order valence-corrected chi connectivity index (χ3v) is 6.49. The molecule has 6 heteroatoms. The van der Waals surface area contributed by atoms with Crippen molar-refractivity contribution in [3.8, 4) is 0 Å². The monoisotopic (exact) mass is 357 g/mol. The number of benzene rings is 2. The molecule has 0 aliphatic heterocycles. The molecular weight excluding hydrogens is 342 g/mol. The van der Waals surface area contributed by atoms with Gasteiger partial charge in [0, 0.05) is 4.90 Å². The number of hydrogen-bond acceptors (Lipinski definition) is 6. The van der Waals surface area contributed by atoms with Crippen molar-refractivity contribution < 1.29 is 0 Å². The summed E-state index contributed by atoms with van der Waals surface area (Å²) in [4.78, 5) is 10.7. The van der Waals surface area contributed by atoms with Crippen LogP contribution in [0.1, 0.15) is 11.1 Å². The normalized spacial score (nSPS) is 11.4. The number of anilines is 2. The van der Waals surface area contributed by atoms with Crippen LogP contribution in [-0.2, 0) is 0 Å². The highest BCUT2D eigenvalue weighted by Gasteiger charge is 2.10. The lowest BCUT2D eigenvalue weighted by Gasteiger charge is -1.98. The van der Waals surface area contributed by atoms with E-state index in [1.54, 1.807) is 34.4 Å². The highest BCUT2D eigenvalue weighted by molar-refractivity contribution is 7.98. The second-order valence-corrected chi connectivity index (χ2v) is 8.29. The average molecular weight is 358 g/mol. The molecule has 0 aliphatic carbocycles. The largest absolute Gasteiger partial charge is 0.307 e. The van der Waals surface area contributed by atoms with Crippen LogP contribution in [0.3, 0.4) is 0 Å². The van der Waals surface area contributed by atoms with E-state index in [1.807, 2.05) is 0 Å². The van der Waals surface area contributed by atoms with Crippen LogP contribution in [-0.4, -0.2) is 16.2 Å². The lowest BCUT2D eigenvalue weighted by Crippen LogP contribution is -1.88. The van der Waals surface area contributed by atoms with Crippen LogP contribution in [0, 0.1) is 13.8 Å². The predicted molar refractivity (Wildman–Crippen MR) is 104 cm³/mol. The summed E-state index contributed by atoms with van der Waals surface area (Å²) in [6.07, 6.45) is 2.09. The Kier molecular flexibility index (Phi) is 3.75. The zero-order valence-electron chi connectivity index (χ0n) is 13.0. The first kappa shape index (κ1) is 14.9. The molecule has 0 atom stereocenters. The highest BCUT2D eigenvalue weighted by atomic mass is 32.2. The van der Waals surface area contributed by atoms with Crippen molar-refractivity contribution in [2.45, 2.75) is 18.7 Å². The Bertz CT molecular complexity index is 1020. The minimum Gasteiger partial charge on any atom is -0.307 e. The average Bonchev–Trinajstić information content (AvgIpc) is 3.13. The highest BCUT2D eigenvalue weighted by Crippen LogP contribution is 2.34. The molecule has 0 unspecified atom stereocenters. The fraction of sp³-hybridized carbons (Fsp3) is 0.176. The first-order valence-corrected chi connectivity index (χ1v) is 10.1. The van der Waals surface area contributed by atoms with Gasteiger partial charge in [-0.15, -0.1) is 11.8 Å². The van der Waals surface area contributed by atoms with Crippen molar-refractivity contribution in [1.82, 2.24) is 9.97 Å². The number of fused-ring (bicyclic) bond motifs is 2. The van der Waals surface area contributed by atoms with E-state index in [4.69, 9.17) is 4.98 Å². The smallest absolute Gasteiger partial charge is 0.190 e. The topological polar surface area (TPSA) is 37.8 Å². The van der Waals surface area contributed by atoms with Crippen LogP contribution < -0.4 is 5.32 Å². The number of thioether (sulfide) groups is 1. The Morgan fingerprint density at radius 2 is 1.74 bits per heavy atom. The number of thiazole rings is 2. The van der Waals surface area contributed by atoms with Gasteiger partial charge >= 0.3 is 0 Å². The van der Waals surface area contributed by atoms with Crippen LogP contribution >= 0.6 is 34.4 Å². The summed E-state index contributed by atoms with van der Waals surface area (Å²) >= 11 is 5.09. The lowest BCUT2D eigenvalue weighted by atomic mass is 10.1. The van der Waals surface area contributed by atoms with Crippen LogP contribution in [0.5, 0.6) is 0 Å². The van der Waals surface area contributed by atoms with E-state index in [-0.39, 0.29) is 0 Å². The molecule has 0 spiro atoms. The molecule has 0 saturated heterocycles. The summed E-state index contributed by atoms with van der Waals surface area (Å²) in [5.41, 5.74) is 4.64. The maximum atomic E-state index is 4.74. The van der Waals surface area contributed by atoms with Crippen molar-refractivity contribution in [3.63, 3.8) is 0 Å². The number of nitrogens with one attached hydrogen (secondary N) is 1. The Hall–Kier alpha value is -1.63. The zero-order chi connectivity index (χ0) is 16.0. The van der Waals surface area contributed by atoms with Gasteiger partial charge in [-0.3, -0.25) is 0 Å². The molecule has 2 aromatic carbocycles. The van der Waals surface area contributed by atoms with Gasteiger partial charge in [-0.25, -0.2) is 9.97 Å². The maximum absolute atomic E-state index is 4.74. The molecule has 0 fully saturated rings. The first-order valence-electron chi connectivity index (χ1n) is 7.22. The van der Waals surface area contributed by atoms with Crippen LogP contribution in [0.15, 0.2) is 35.2 Å². The zero-order valence-corrected chi connectivity index (χ0v) is 15.5. The van der Waals surface area contributed by atoms with Gasteiger partial charge in [-0.1, -0.05) is 28.7 Å². The molecule has 0 amide bonds. The van der Waals surface area contributed by atoms with Crippen LogP contribution in [0.25, 0.3) is 20.4 Å². The summed E-state index contributed by atoms with van der Waals surface area (Å²) in [7, 11) is 0. The number of rotatable bonds is 3. The summed E-state index contributed by atoms with van der Waals surface area (Å²) in [5.74, 6) is 0. The van der Waals surface area contributed by atoms with Crippen molar-refractivity contribution in [1.29, 1.82) is 0 Å². The number of hydrogen-bond donors (Lipinski definition) is 1. The van der Waals surface area contributed by atoms with Crippen molar-refractivity contribution in [3.05, 3.63) is 41.5 Å². The van der Waals surface area contributed by atoms with E-state index in [1.165, 1.54) is 25.4 Å². The minimum absolute atomic E-state index is 0.895. The van der Waals surface area contributed by atoms with E-state index in [0.29, 0.717) is 0 Å². The van der Waals surface area contributed by atoms with Crippen molar-refractivity contribution in [2.75, 3.05) is 11.6 Å². The Morgan fingerprint density at radius 1 is 0.957 bits per heavy atom. The van der Waals surface area contributed by atoms with E-state index in [2.05, 4.69) is 60.7 Å². The number of aromatic nitrogens is 2. The van der Waals surface area contributed by atoms with Crippen LogP contribution in [0.4, 0.5) is 10.3 Å². The second-order valence-electron chi connectivity index (χ2n) is 5.35. The summed E-state index contributed by atoms with van der Waals surface area (Å²) in [5, 5.41) is 5.17. The van der Waals surface area contributed by atoms with Gasteiger partial charge < -0.3 is 5.32 Å². The van der Waals surface area contributed by atoms with Gasteiger partial charge in [-0.2, -0.15) is 0 Å². The molecule has 2 heterocycles. The third-order valence-electron chi connectivity index (χ3n) is 3.89. The molecule has 4 rings (SSSR count). The Labute approximate surface area is 146 Å². The van der Waals surface area contributed by atoms with Gasteiger partial charge in [0.1, 0.15) is 0 Å². The molecule has 0 saturated carbocycles. The first-order chi connectivity index (χ1) is 11.1. The molecule has 1 N–H and O–H groups in total. The number of nitrogens with zero attached hydrogens (tertiary/aromatic N) is 2. The summed E-state index contributed by atoms with van der Waals surface area (Å²) < 4.78 is 2.41. The maximum Gasteiger partial charge on any atom is 0.190 e. The van der Waals surface area contributed by atoms with Crippen molar-refractivity contribution in [2.24, 2.45) is 0 Å². The third kappa shape index (κ3) is 2.71. The SMILES string of the molecule is CSc1ccc2nc(Nc3nc4c(C)c(C)ccc4s3)sc2c1.